The van der Waals surface area contributed by atoms with Gasteiger partial charge in [0.2, 0.25) is 0 Å². The Morgan fingerprint density at radius 1 is 1.45 bits per heavy atom. The summed E-state index contributed by atoms with van der Waals surface area (Å²) in [5.41, 5.74) is 1.85. The number of hydrogen-bond acceptors (Lipinski definition) is 4. The predicted octanol–water partition coefficient (Wildman–Crippen LogP) is 2.37. The summed E-state index contributed by atoms with van der Waals surface area (Å²) in [4.78, 5) is 12.1. The van der Waals surface area contributed by atoms with Gasteiger partial charge in [0.05, 0.1) is 7.11 Å². The summed E-state index contributed by atoms with van der Waals surface area (Å²) in [5, 5.41) is 3.36. The third-order valence-corrected chi connectivity index (χ3v) is 3.85. The van der Waals surface area contributed by atoms with Crippen molar-refractivity contribution in [3.63, 3.8) is 0 Å². The Hall–Kier alpha value is -1.55. The van der Waals surface area contributed by atoms with Gasteiger partial charge in [0.1, 0.15) is 17.4 Å². The highest BCUT2D eigenvalue weighted by molar-refractivity contribution is 5.79. The molecule has 1 aromatic rings. The zero-order valence-electron chi connectivity index (χ0n) is 12.2. The number of para-hydroxylation sites is 1. The first-order valence-electron chi connectivity index (χ1n) is 7.15. The minimum absolute atomic E-state index is 0.210. The largest absolute Gasteiger partial charge is 0.487 e. The van der Waals surface area contributed by atoms with E-state index in [4.69, 9.17) is 9.47 Å². The first-order valence-corrected chi connectivity index (χ1v) is 7.15. The van der Waals surface area contributed by atoms with Crippen molar-refractivity contribution in [1.82, 2.24) is 5.32 Å². The van der Waals surface area contributed by atoms with Crippen molar-refractivity contribution >= 4 is 5.97 Å². The quantitative estimate of drug-likeness (QED) is 0.857. The molecule has 1 N–H and O–H groups in total. The smallest absolute Gasteiger partial charge is 0.327 e. The van der Waals surface area contributed by atoms with E-state index in [1.54, 1.807) is 0 Å². The van der Waals surface area contributed by atoms with Gasteiger partial charge in [0.15, 0.2) is 0 Å². The summed E-state index contributed by atoms with van der Waals surface area (Å²) >= 11 is 0. The van der Waals surface area contributed by atoms with Crippen molar-refractivity contribution in [2.75, 3.05) is 7.11 Å². The van der Waals surface area contributed by atoms with Gasteiger partial charge in [-0.15, -0.1) is 0 Å². The van der Waals surface area contributed by atoms with Gasteiger partial charge in [-0.05, 0) is 32.3 Å². The second-order valence-electron chi connectivity index (χ2n) is 6.27. The molecule has 1 fully saturated rings. The fourth-order valence-electron chi connectivity index (χ4n) is 2.76. The lowest BCUT2D eigenvalue weighted by molar-refractivity contribution is -0.143. The third kappa shape index (κ3) is 2.52. The monoisotopic (exact) mass is 275 g/mol. The van der Waals surface area contributed by atoms with E-state index in [0.29, 0.717) is 6.04 Å². The van der Waals surface area contributed by atoms with Crippen molar-refractivity contribution in [2.24, 2.45) is 0 Å². The summed E-state index contributed by atoms with van der Waals surface area (Å²) in [6.07, 6.45) is 3.11. The van der Waals surface area contributed by atoms with E-state index in [2.05, 4.69) is 25.2 Å². The lowest BCUT2D eigenvalue weighted by Gasteiger charge is -2.21. The summed E-state index contributed by atoms with van der Waals surface area (Å²) in [6, 6.07) is 6.00. The van der Waals surface area contributed by atoms with Crippen LogP contribution in [0.25, 0.3) is 0 Å². The molecule has 0 amide bonds. The summed E-state index contributed by atoms with van der Waals surface area (Å²) in [7, 11) is 1.43. The van der Waals surface area contributed by atoms with Crippen LogP contribution in [0.15, 0.2) is 18.2 Å². The number of fused-ring (bicyclic) bond motifs is 1. The minimum atomic E-state index is -0.434. The first kappa shape index (κ1) is 13.4. The SMILES string of the molecule is COC(=O)C(NC1CC1)c1cccc2c1OC(C)(C)C2. The molecule has 4 heteroatoms. The molecule has 1 saturated carbocycles. The topological polar surface area (TPSA) is 47.6 Å². The summed E-state index contributed by atoms with van der Waals surface area (Å²) < 4.78 is 11.0. The number of methoxy groups -OCH3 is 1. The van der Waals surface area contributed by atoms with E-state index in [1.807, 2.05) is 12.1 Å². The van der Waals surface area contributed by atoms with Gasteiger partial charge in [-0.3, -0.25) is 5.32 Å². The predicted molar refractivity (Wildman–Crippen MR) is 75.8 cm³/mol. The minimum Gasteiger partial charge on any atom is -0.487 e. The summed E-state index contributed by atoms with van der Waals surface area (Å²) in [5.74, 6) is 0.597. The Morgan fingerprint density at radius 3 is 2.85 bits per heavy atom. The zero-order valence-corrected chi connectivity index (χ0v) is 12.2. The van der Waals surface area contributed by atoms with Crippen LogP contribution < -0.4 is 10.1 Å². The second-order valence-corrected chi connectivity index (χ2v) is 6.27. The van der Waals surface area contributed by atoms with Crippen LogP contribution in [0.2, 0.25) is 0 Å². The molecule has 1 atom stereocenters. The molecule has 2 aliphatic rings. The fraction of sp³-hybridized carbons (Fsp3) is 0.562. The highest BCUT2D eigenvalue weighted by atomic mass is 16.5. The van der Waals surface area contributed by atoms with Gasteiger partial charge in [-0.25, -0.2) is 4.79 Å². The van der Waals surface area contributed by atoms with Gasteiger partial charge < -0.3 is 9.47 Å². The zero-order chi connectivity index (χ0) is 14.3. The van der Waals surface area contributed by atoms with Crippen LogP contribution in [0.3, 0.4) is 0 Å². The molecule has 108 valence electrons. The van der Waals surface area contributed by atoms with E-state index < -0.39 is 6.04 Å². The first-order chi connectivity index (χ1) is 9.50. The molecule has 0 bridgehead atoms. The van der Waals surface area contributed by atoms with Crippen LogP contribution in [0.5, 0.6) is 5.75 Å². The lowest BCUT2D eigenvalue weighted by atomic mass is 9.98. The average Bonchev–Trinajstić information content (AvgIpc) is 3.15. The maximum atomic E-state index is 12.1. The molecule has 1 aromatic carbocycles. The molecule has 4 nitrogen and oxygen atoms in total. The average molecular weight is 275 g/mol. The van der Waals surface area contributed by atoms with Crippen molar-refractivity contribution in [3.05, 3.63) is 29.3 Å². The second kappa shape index (κ2) is 4.77. The molecule has 3 rings (SSSR count). The summed E-state index contributed by atoms with van der Waals surface area (Å²) in [6.45, 7) is 4.14. The van der Waals surface area contributed by atoms with Crippen molar-refractivity contribution in [3.8, 4) is 5.75 Å². The van der Waals surface area contributed by atoms with Crippen LogP contribution in [-0.4, -0.2) is 24.7 Å². The number of ether oxygens (including phenoxy) is 2. The molecule has 0 saturated heterocycles. The van der Waals surface area contributed by atoms with Gasteiger partial charge in [0, 0.05) is 18.0 Å². The molecular formula is C16H21NO3. The van der Waals surface area contributed by atoms with Crippen LogP contribution >= 0.6 is 0 Å². The van der Waals surface area contributed by atoms with Crippen molar-refractivity contribution in [2.45, 2.75) is 50.8 Å². The molecule has 1 aliphatic heterocycles. The molecule has 0 aromatic heterocycles. The Bertz CT molecular complexity index is 535. The number of carbonyl (C=O) groups excluding carboxylic acids is 1. The molecule has 0 radical (unpaired) electrons. The van der Waals surface area contributed by atoms with Crippen molar-refractivity contribution < 1.29 is 14.3 Å². The standard InChI is InChI=1S/C16H21NO3/c1-16(2)9-10-5-4-6-12(14(10)20-16)13(15(18)19-3)17-11-7-8-11/h4-6,11,13,17H,7-9H2,1-3H3. The van der Waals surface area contributed by atoms with E-state index in [0.717, 1.165) is 30.6 Å². The number of benzene rings is 1. The molecule has 1 unspecified atom stereocenters. The van der Waals surface area contributed by atoms with Crippen LogP contribution in [0, 0.1) is 0 Å². The Labute approximate surface area is 119 Å². The van der Waals surface area contributed by atoms with Crippen LogP contribution in [-0.2, 0) is 16.0 Å². The van der Waals surface area contributed by atoms with Crippen molar-refractivity contribution in [1.29, 1.82) is 0 Å². The Balaban J connectivity index is 1.95. The number of nitrogens with one attached hydrogen (secondary N) is 1. The fourth-order valence-corrected chi connectivity index (χ4v) is 2.76. The van der Waals surface area contributed by atoms with Crippen LogP contribution in [0.1, 0.15) is 43.9 Å². The maximum Gasteiger partial charge on any atom is 0.327 e. The number of esters is 1. The van der Waals surface area contributed by atoms with Gasteiger partial charge >= 0.3 is 5.97 Å². The molecule has 20 heavy (non-hydrogen) atoms. The van der Waals surface area contributed by atoms with Gasteiger partial charge in [0.25, 0.3) is 0 Å². The van der Waals surface area contributed by atoms with E-state index in [1.165, 1.54) is 12.7 Å². The lowest BCUT2D eigenvalue weighted by Crippen LogP contribution is -2.32. The third-order valence-electron chi connectivity index (χ3n) is 3.85. The highest BCUT2D eigenvalue weighted by Gasteiger charge is 2.37. The normalized spacial score (nSPS) is 20.9. The number of rotatable bonds is 4. The van der Waals surface area contributed by atoms with Gasteiger partial charge in [-0.1, -0.05) is 18.2 Å². The maximum absolute atomic E-state index is 12.1. The van der Waals surface area contributed by atoms with Crippen LogP contribution in [0.4, 0.5) is 0 Å². The Kier molecular flexibility index (Phi) is 3.21. The highest BCUT2D eigenvalue weighted by Crippen LogP contribution is 2.41. The Morgan fingerprint density at radius 2 is 2.20 bits per heavy atom. The van der Waals surface area contributed by atoms with E-state index in [9.17, 15) is 4.79 Å². The molecule has 1 aliphatic carbocycles. The van der Waals surface area contributed by atoms with Gasteiger partial charge in [-0.2, -0.15) is 0 Å². The molecule has 1 heterocycles. The van der Waals surface area contributed by atoms with E-state index >= 15 is 0 Å². The number of carbonyl (C=O) groups is 1. The molecular weight excluding hydrogens is 254 g/mol. The molecule has 0 spiro atoms. The van der Waals surface area contributed by atoms with E-state index in [-0.39, 0.29) is 11.6 Å². The number of hydrogen-bond donors (Lipinski definition) is 1.